The molecule has 4 aromatic rings. The van der Waals surface area contributed by atoms with E-state index < -0.39 is 5.82 Å². The maximum atomic E-state index is 13.7. The monoisotopic (exact) mass is 528 g/mol. The van der Waals surface area contributed by atoms with Crippen molar-refractivity contribution in [3.63, 3.8) is 0 Å². The van der Waals surface area contributed by atoms with Gasteiger partial charge in [0.15, 0.2) is 14.8 Å². The van der Waals surface area contributed by atoms with E-state index in [1.165, 1.54) is 57.5 Å². The summed E-state index contributed by atoms with van der Waals surface area (Å²) >= 11 is 8.00. The second kappa shape index (κ2) is 10.8. The number of carbonyl (C=O) groups excluding carboxylic acids is 1. The van der Waals surface area contributed by atoms with Crippen molar-refractivity contribution in [3.05, 3.63) is 74.2 Å². The fourth-order valence-electron chi connectivity index (χ4n) is 3.75. The Kier molecular flexibility index (Phi) is 7.83. The van der Waals surface area contributed by atoms with Crippen LogP contribution in [0.2, 0.25) is 0 Å². The molecule has 35 heavy (non-hydrogen) atoms. The second-order valence-electron chi connectivity index (χ2n) is 7.74. The van der Waals surface area contributed by atoms with Gasteiger partial charge in [-0.2, -0.15) is 0 Å². The molecular weight excluding hydrogens is 504 g/mol. The highest BCUT2D eigenvalue weighted by molar-refractivity contribution is 7.99. The summed E-state index contributed by atoms with van der Waals surface area (Å²) in [6, 6.07) is 13.6. The van der Waals surface area contributed by atoms with Gasteiger partial charge >= 0.3 is 0 Å². The van der Waals surface area contributed by atoms with Gasteiger partial charge in [-0.1, -0.05) is 42.2 Å². The van der Waals surface area contributed by atoms with Crippen molar-refractivity contribution in [1.82, 2.24) is 19.0 Å². The van der Waals surface area contributed by atoms with Crippen LogP contribution in [0.1, 0.15) is 26.3 Å². The van der Waals surface area contributed by atoms with Gasteiger partial charge in [0.2, 0.25) is 5.91 Å². The number of hydrogen-bond donors (Lipinski definition) is 0. The normalized spacial score (nSPS) is 11.2. The first-order valence-electron chi connectivity index (χ1n) is 11.3. The molecule has 0 N–H and O–H groups in total. The van der Waals surface area contributed by atoms with Crippen molar-refractivity contribution < 1.29 is 9.18 Å². The first-order chi connectivity index (χ1) is 16.9. The van der Waals surface area contributed by atoms with Gasteiger partial charge in [-0.15, -0.1) is 0 Å². The maximum absolute atomic E-state index is 13.7. The number of thioether (sulfide) groups is 1. The molecule has 0 aliphatic carbocycles. The molecule has 0 fully saturated rings. The van der Waals surface area contributed by atoms with Crippen LogP contribution in [-0.4, -0.2) is 43.8 Å². The summed E-state index contributed by atoms with van der Waals surface area (Å²) < 4.78 is 17.7. The maximum Gasteiger partial charge on any atom is 0.278 e. The van der Waals surface area contributed by atoms with E-state index in [2.05, 4.69) is 6.92 Å². The van der Waals surface area contributed by atoms with Crippen molar-refractivity contribution in [2.24, 2.45) is 0 Å². The number of rotatable bonds is 8. The van der Waals surface area contributed by atoms with E-state index in [-0.39, 0.29) is 17.2 Å². The number of carbonyl (C=O) groups is 1. The standard InChI is InChI=1S/C25H25FN4O2S3/c1-4-16-7-11-18(12-8-16)29-22-21(35-25(29)33)23(32)30(19-13-9-17(26)10-14-19)24(27-22)34-15-20(31)28(5-2)6-3/h7-14H,4-6,15H2,1-3H3. The number of hydrogen-bond acceptors (Lipinski definition) is 6. The van der Waals surface area contributed by atoms with Gasteiger partial charge in [0.1, 0.15) is 10.5 Å². The van der Waals surface area contributed by atoms with Crippen LogP contribution in [0.15, 0.2) is 58.5 Å². The molecule has 4 rings (SSSR count). The lowest BCUT2D eigenvalue weighted by Gasteiger charge is -2.19. The van der Waals surface area contributed by atoms with Crippen LogP contribution in [0, 0.1) is 9.77 Å². The van der Waals surface area contributed by atoms with E-state index >= 15 is 0 Å². The van der Waals surface area contributed by atoms with Crippen LogP contribution in [0.3, 0.4) is 0 Å². The number of fused-ring (bicyclic) bond motifs is 1. The van der Waals surface area contributed by atoms with Crippen LogP contribution in [0.25, 0.3) is 21.7 Å². The molecule has 0 atom stereocenters. The molecular formula is C25H25FN4O2S3. The Balaban J connectivity index is 1.90. The predicted octanol–water partition coefficient (Wildman–Crippen LogP) is 5.63. The van der Waals surface area contributed by atoms with E-state index in [0.29, 0.717) is 38.2 Å². The Morgan fingerprint density at radius 3 is 2.23 bits per heavy atom. The summed E-state index contributed by atoms with van der Waals surface area (Å²) in [6.45, 7) is 7.14. The van der Waals surface area contributed by atoms with Gasteiger partial charge in [-0.25, -0.2) is 9.37 Å². The molecule has 0 bridgehead atoms. The highest BCUT2D eigenvalue weighted by Gasteiger charge is 2.20. The fraction of sp³-hybridized carbons (Fsp3) is 0.280. The number of amides is 1. The summed E-state index contributed by atoms with van der Waals surface area (Å²) in [5.41, 5.74) is 2.63. The first-order valence-corrected chi connectivity index (χ1v) is 13.5. The van der Waals surface area contributed by atoms with Crippen LogP contribution in [0.4, 0.5) is 4.39 Å². The molecule has 0 aliphatic heterocycles. The van der Waals surface area contributed by atoms with Crippen molar-refractivity contribution >= 4 is 51.6 Å². The lowest BCUT2D eigenvalue weighted by molar-refractivity contribution is -0.127. The summed E-state index contributed by atoms with van der Waals surface area (Å²) in [5, 5.41) is 0.348. The Morgan fingerprint density at radius 2 is 1.63 bits per heavy atom. The second-order valence-corrected chi connectivity index (χ2v) is 10.3. The van der Waals surface area contributed by atoms with Crippen LogP contribution < -0.4 is 5.56 Å². The molecule has 1 amide bonds. The van der Waals surface area contributed by atoms with Gasteiger partial charge in [0, 0.05) is 18.8 Å². The minimum absolute atomic E-state index is 0.0442. The average Bonchev–Trinajstić information content (AvgIpc) is 3.20. The van der Waals surface area contributed by atoms with E-state index in [1.807, 2.05) is 38.1 Å². The first kappa shape index (κ1) is 25.3. The summed E-state index contributed by atoms with van der Waals surface area (Å²) in [5.74, 6) is -0.326. The summed E-state index contributed by atoms with van der Waals surface area (Å²) in [4.78, 5) is 32.9. The number of thiazole rings is 1. The summed E-state index contributed by atoms with van der Waals surface area (Å²) in [7, 11) is 0. The lowest BCUT2D eigenvalue weighted by atomic mass is 10.1. The van der Waals surface area contributed by atoms with E-state index in [1.54, 1.807) is 9.47 Å². The molecule has 182 valence electrons. The fourth-order valence-corrected chi connectivity index (χ4v) is 5.96. The van der Waals surface area contributed by atoms with Crippen molar-refractivity contribution in [2.45, 2.75) is 32.3 Å². The Bertz CT molecular complexity index is 1470. The van der Waals surface area contributed by atoms with Gasteiger partial charge in [-0.3, -0.25) is 18.7 Å². The largest absolute Gasteiger partial charge is 0.343 e. The third kappa shape index (κ3) is 5.10. The molecule has 6 nitrogen and oxygen atoms in total. The molecule has 10 heteroatoms. The number of aromatic nitrogens is 3. The van der Waals surface area contributed by atoms with Gasteiger partial charge in [0.05, 0.1) is 11.4 Å². The van der Waals surface area contributed by atoms with E-state index in [0.717, 1.165) is 12.1 Å². The molecule has 2 aromatic carbocycles. The Hall–Kier alpha value is -2.82. The van der Waals surface area contributed by atoms with Crippen LogP contribution >= 0.6 is 35.3 Å². The highest BCUT2D eigenvalue weighted by Crippen LogP contribution is 2.28. The topological polar surface area (TPSA) is 60.1 Å². The number of halogens is 1. The smallest absolute Gasteiger partial charge is 0.278 e. The minimum atomic E-state index is -0.404. The van der Waals surface area contributed by atoms with Crippen molar-refractivity contribution in [2.75, 3.05) is 18.8 Å². The van der Waals surface area contributed by atoms with Gasteiger partial charge in [-0.05, 0) is 74.4 Å². The zero-order valence-corrected chi connectivity index (χ0v) is 22.1. The van der Waals surface area contributed by atoms with Gasteiger partial charge in [0.25, 0.3) is 5.56 Å². The minimum Gasteiger partial charge on any atom is -0.343 e. The molecule has 0 saturated heterocycles. The Morgan fingerprint density at radius 1 is 1.03 bits per heavy atom. The van der Waals surface area contributed by atoms with Crippen molar-refractivity contribution in [1.29, 1.82) is 0 Å². The average molecular weight is 529 g/mol. The Labute approximate surface area is 216 Å². The lowest BCUT2D eigenvalue weighted by Crippen LogP contribution is -2.32. The van der Waals surface area contributed by atoms with Crippen molar-refractivity contribution in [3.8, 4) is 11.4 Å². The molecule has 2 heterocycles. The van der Waals surface area contributed by atoms with E-state index in [9.17, 15) is 14.0 Å². The van der Waals surface area contributed by atoms with E-state index in [4.69, 9.17) is 17.2 Å². The molecule has 0 radical (unpaired) electrons. The summed E-state index contributed by atoms with van der Waals surface area (Å²) in [6.07, 6.45) is 0.915. The molecule has 0 spiro atoms. The highest BCUT2D eigenvalue weighted by atomic mass is 32.2. The quantitative estimate of drug-likeness (QED) is 0.169. The molecule has 2 aromatic heterocycles. The predicted molar refractivity (Wildman–Crippen MR) is 143 cm³/mol. The third-order valence-corrected chi connectivity index (χ3v) is 7.98. The SMILES string of the molecule is CCc1ccc(-n2c(=S)sc3c(=O)n(-c4ccc(F)cc4)c(SCC(=O)N(CC)CC)nc32)cc1. The zero-order chi connectivity index (χ0) is 25.1. The van der Waals surface area contributed by atoms with Crippen LogP contribution in [0.5, 0.6) is 0 Å². The number of benzene rings is 2. The zero-order valence-electron chi connectivity index (χ0n) is 19.7. The number of aryl methyl sites for hydroxylation is 1. The third-order valence-electron chi connectivity index (χ3n) is 5.71. The number of nitrogens with zero attached hydrogens (tertiary/aromatic N) is 4. The molecule has 0 unspecified atom stereocenters. The molecule has 0 saturated carbocycles. The molecule has 0 aliphatic rings. The van der Waals surface area contributed by atoms with Gasteiger partial charge < -0.3 is 4.90 Å². The van der Waals surface area contributed by atoms with Crippen LogP contribution in [-0.2, 0) is 11.2 Å².